The average Bonchev–Trinajstić information content (AvgIpc) is 3.04. The summed E-state index contributed by atoms with van der Waals surface area (Å²) in [4.78, 5) is 37.9. The molecule has 0 aliphatic carbocycles. The fraction of sp³-hybridized carbons (Fsp3) is 0.211. The van der Waals surface area contributed by atoms with E-state index in [-0.39, 0.29) is 23.9 Å². The van der Waals surface area contributed by atoms with Crippen molar-refractivity contribution in [3.8, 4) is 0 Å². The lowest BCUT2D eigenvalue weighted by Crippen LogP contribution is -2.28. The minimum Gasteiger partial charge on any atom is -0.455 e. The lowest BCUT2D eigenvalue weighted by atomic mass is 10.1. The van der Waals surface area contributed by atoms with Crippen LogP contribution in [0.5, 0.6) is 0 Å². The third kappa shape index (κ3) is 4.76. The lowest BCUT2D eigenvalue weighted by molar-refractivity contribution is -0.151. The number of ether oxygens (including phenoxy) is 1. The first kappa shape index (κ1) is 20.5. The van der Waals surface area contributed by atoms with Gasteiger partial charge in [0.05, 0.1) is 21.7 Å². The van der Waals surface area contributed by atoms with Crippen molar-refractivity contribution in [2.24, 2.45) is 5.92 Å². The molecule has 1 fully saturated rings. The number of amides is 2. The van der Waals surface area contributed by atoms with E-state index >= 15 is 0 Å². The number of hydrogen-bond acceptors (Lipinski definition) is 4. The number of anilines is 2. The summed E-state index contributed by atoms with van der Waals surface area (Å²) < 4.78 is 5.05. The highest BCUT2D eigenvalue weighted by atomic mass is 35.5. The number of halogens is 3. The molecule has 0 saturated carbocycles. The molecule has 3 rings (SSSR count). The van der Waals surface area contributed by atoms with Crippen LogP contribution in [0.2, 0.25) is 15.1 Å². The van der Waals surface area contributed by atoms with Crippen molar-refractivity contribution >= 4 is 64.0 Å². The van der Waals surface area contributed by atoms with E-state index in [1.54, 1.807) is 42.5 Å². The summed E-state index contributed by atoms with van der Waals surface area (Å²) in [5.41, 5.74) is 0.930. The Morgan fingerprint density at radius 3 is 2.64 bits per heavy atom. The number of carbonyl (C=O) groups excluding carboxylic acids is 3. The third-order valence-electron chi connectivity index (χ3n) is 4.13. The predicted molar refractivity (Wildman–Crippen MR) is 108 cm³/mol. The van der Waals surface area contributed by atoms with Crippen LogP contribution in [0.25, 0.3) is 0 Å². The van der Waals surface area contributed by atoms with Gasteiger partial charge in [0.25, 0.3) is 5.91 Å². The number of nitrogens with zero attached hydrogens (tertiary/aromatic N) is 1. The summed E-state index contributed by atoms with van der Waals surface area (Å²) >= 11 is 18.0. The molecule has 1 N–H and O–H groups in total. The molecule has 2 aromatic carbocycles. The van der Waals surface area contributed by atoms with Crippen LogP contribution in [0, 0.1) is 5.92 Å². The van der Waals surface area contributed by atoms with Crippen molar-refractivity contribution in [1.29, 1.82) is 0 Å². The molecule has 0 radical (unpaired) electrons. The van der Waals surface area contributed by atoms with Gasteiger partial charge < -0.3 is 15.0 Å². The minimum atomic E-state index is -0.693. The maximum absolute atomic E-state index is 12.3. The summed E-state index contributed by atoms with van der Waals surface area (Å²) in [5.74, 6) is -2.10. The summed E-state index contributed by atoms with van der Waals surface area (Å²) in [6.07, 6.45) is -0.0302. The Bertz CT molecular complexity index is 935. The largest absolute Gasteiger partial charge is 0.455 e. The number of rotatable bonds is 5. The van der Waals surface area contributed by atoms with Crippen molar-refractivity contribution in [1.82, 2.24) is 0 Å². The number of benzene rings is 2. The summed E-state index contributed by atoms with van der Waals surface area (Å²) in [6, 6.07) is 11.5. The fourth-order valence-electron chi connectivity index (χ4n) is 2.82. The molecule has 0 spiro atoms. The fourth-order valence-corrected chi connectivity index (χ4v) is 3.40. The lowest BCUT2D eigenvalue weighted by Gasteiger charge is -2.18. The zero-order valence-electron chi connectivity index (χ0n) is 14.5. The summed E-state index contributed by atoms with van der Waals surface area (Å²) in [5, 5.41) is 3.61. The van der Waals surface area contributed by atoms with E-state index in [1.165, 1.54) is 4.90 Å². The normalized spacial score (nSPS) is 16.2. The molecule has 2 aromatic rings. The molecule has 0 bridgehead atoms. The van der Waals surface area contributed by atoms with Crippen LogP contribution in [0.15, 0.2) is 42.5 Å². The highest BCUT2D eigenvalue weighted by molar-refractivity contribution is 6.44. The van der Waals surface area contributed by atoms with E-state index in [4.69, 9.17) is 39.5 Å². The van der Waals surface area contributed by atoms with Crippen molar-refractivity contribution < 1.29 is 19.1 Å². The smallest absolute Gasteiger partial charge is 0.311 e. The molecular weight excluding hydrogens is 427 g/mol. The Morgan fingerprint density at radius 2 is 1.89 bits per heavy atom. The number of hydrogen-bond donors (Lipinski definition) is 1. The molecule has 146 valence electrons. The van der Waals surface area contributed by atoms with Gasteiger partial charge in [-0.25, -0.2) is 0 Å². The quantitative estimate of drug-likeness (QED) is 0.706. The molecule has 1 saturated heterocycles. The van der Waals surface area contributed by atoms with Crippen molar-refractivity contribution in [3.63, 3.8) is 0 Å². The maximum Gasteiger partial charge on any atom is 0.311 e. The van der Waals surface area contributed by atoms with E-state index in [9.17, 15) is 14.4 Å². The second-order valence-corrected chi connectivity index (χ2v) is 7.37. The molecule has 0 unspecified atom stereocenters. The summed E-state index contributed by atoms with van der Waals surface area (Å²) in [7, 11) is 0. The first-order valence-electron chi connectivity index (χ1n) is 8.31. The number of carbonyl (C=O) groups is 3. The molecule has 1 aliphatic heterocycles. The zero-order chi connectivity index (χ0) is 20.3. The van der Waals surface area contributed by atoms with Crippen molar-refractivity contribution in [2.75, 3.05) is 23.4 Å². The van der Waals surface area contributed by atoms with Gasteiger partial charge in [-0.3, -0.25) is 14.4 Å². The molecule has 1 atom stereocenters. The van der Waals surface area contributed by atoms with Crippen molar-refractivity contribution in [3.05, 3.63) is 57.5 Å². The highest BCUT2D eigenvalue weighted by Crippen LogP contribution is 2.35. The van der Waals surface area contributed by atoms with Crippen LogP contribution in [-0.2, 0) is 19.1 Å². The van der Waals surface area contributed by atoms with Gasteiger partial charge in [0, 0.05) is 23.7 Å². The Balaban J connectivity index is 1.56. The zero-order valence-corrected chi connectivity index (χ0v) is 16.7. The third-order valence-corrected chi connectivity index (χ3v) is 5.18. The minimum absolute atomic E-state index is 0.0302. The molecule has 9 heteroatoms. The topological polar surface area (TPSA) is 75.7 Å². The second kappa shape index (κ2) is 8.82. The SMILES string of the molecule is O=C(COC(=O)[C@H]1CC(=O)N(c2cccc(Cl)c2Cl)C1)Nc1cccc(Cl)c1. The van der Waals surface area contributed by atoms with Gasteiger partial charge in [-0.1, -0.05) is 46.9 Å². The van der Waals surface area contributed by atoms with Crippen LogP contribution < -0.4 is 10.2 Å². The van der Waals surface area contributed by atoms with Gasteiger partial charge in [0.2, 0.25) is 5.91 Å². The van der Waals surface area contributed by atoms with Crippen LogP contribution in [0.4, 0.5) is 11.4 Å². The Kier molecular flexibility index (Phi) is 6.44. The maximum atomic E-state index is 12.3. The Hall–Kier alpha value is -2.28. The van der Waals surface area contributed by atoms with Gasteiger partial charge in [-0.15, -0.1) is 0 Å². The van der Waals surface area contributed by atoms with Crippen molar-refractivity contribution in [2.45, 2.75) is 6.42 Å². The Morgan fingerprint density at radius 1 is 1.14 bits per heavy atom. The molecule has 0 aromatic heterocycles. The predicted octanol–water partition coefficient (Wildman–Crippen LogP) is 4.18. The van der Waals surface area contributed by atoms with Gasteiger partial charge in [0.1, 0.15) is 0 Å². The van der Waals surface area contributed by atoms with E-state index in [0.29, 0.717) is 21.4 Å². The average molecular weight is 442 g/mol. The van der Waals surface area contributed by atoms with Gasteiger partial charge >= 0.3 is 5.97 Å². The first-order valence-corrected chi connectivity index (χ1v) is 9.45. The van der Waals surface area contributed by atoms with E-state index in [2.05, 4.69) is 5.32 Å². The van der Waals surface area contributed by atoms with Crippen LogP contribution in [-0.4, -0.2) is 30.9 Å². The van der Waals surface area contributed by atoms with E-state index in [0.717, 1.165) is 0 Å². The van der Waals surface area contributed by atoms with Gasteiger partial charge in [-0.2, -0.15) is 0 Å². The van der Waals surface area contributed by atoms with Crippen LogP contribution in [0.3, 0.4) is 0 Å². The van der Waals surface area contributed by atoms with E-state index in [1.807, 2.05) is 0 Å². The van der Waals surface area contributed by atoms with Gasteiger partial charge in [-0.05, 0) is 30.3 Å². The second-order valence-electron chi connectivity index (χ2n) is 6.14. The first-order chi connectivity index (χ1) is 13.3. The molecule has 6 nitrogen and oxygen atoms in total. The number of esters is 1. The standard InChI is InChI=1S/C19H15Cl3N2O4/c20-12-3-1-4-13(8-12)23-16(25)10-28-19(27)11-7-17(26)24(9-11)15-6-2-5-14(21)18(15)22/h1-6,8,11H,7,9-10H2,(H,23,25)/t11-/m0/s1. The molecule has 1 aliphatic rings. The highest BCUT2D eigenvalue weighted by Gasteiger charge is 2.37. The van der Waals surface area contributed by atoms with Crippen LogP contribution in [0.1, 0.15) is 6.42 Å². The molecule has 28 heavy (non-hydrogen) atoms. The van der Waals surface area contributed by atoms with Crippen LogP contribution >= 0.6 is 34.8 Å². The van der Waals surface area contributed by atoms with Gasteiger partial charge in [0.15, 0.2) is 6.61 Å². The molecular formula is C19H15Cl3N2O4. The number of nitrogens with one attached hydrogen (secondary N) is 1. The van der Waals surface area contributed by atoms with E-state index < -0.39 is 24.4 Å². The molecule has 1 heterocycles. The molecule has 2 amide bonds. The Labute approximate surface area is 176 Å². The summed E-state index contributed by atoms with van der Waals surface area (Å²) in [6.45, 7) is -0.360. The monoisotopic (exact) mass is 440 g/mol.